The molecule has 22 heavy (non-hydrogen) atoms. The number of para-hydroxylation sites is 1. The topological polar surface area (TPSA) is 29.1 Å². The monoisotopic (exact) mass is 333 g/mol. The molecule has 0 fully saturated rings. The molecule has 2 aromatic carbocycles. The number of hydrogen-bond donors (Lipinski definition) is 1. The lowest BCUT2D eigenvalue weighted by Crippen LogP contribution is -2.15. The fraction of sp³-hybridized carbons (Fsp3) is 0.278. The Labute approximate surface area is 141 Å². The molecule has 4 heteroatoms. The average Bonchev–Trinajstić information content (AvgIpc) is 2.54. The van der Waals surface area contributed by atoms with Gasteiger partial charge in [0.05, 0.1) is 5.75 Å². The molecule has 1 atom stereocenters. The third kappa shape index (κ3) is 4.79. The highest BCUT2D eigenvalue weighted by Crippen LogP contribution is 2.27. The Balaban J connectivity index is 1.96. The quantitative estimate of drug-likeness (QED) is 0.699. The molecule has 0 aliphatic rings. The van der Waals surface area contributed by atoms with Crippen LogP contribution in [0.1, 0.15) is 31.7 Å². The average molecular weight is 334 g/mol. The van der Waals surface area contributed by atoms with Crippen molar-refractivity contribution in [2.75, 3.05) is 11.1 Å². The number of amides is 1. The second kappa shape index (κ2) is 8.25. The Hall–Kier alpha value is -1.45. The largest absolute Gasteiger partial charge is 0.325 e. The van der Waals surface area contributed by atoms with Gasteiger partial charge in [-0.15, -0.1) is 11.8 Å². The second-order valence-electron chi connectivity index (χ2n) is 5.19. The number of anilines is 1. The summed E-state index contributed by atoms with van der Waals surface area (Å²) in [4.78, 5) is 13.2. The molecule has 0 aliphatic heterocycles. The van der Waals surface area contributed by atoms with Crippen molar-refractivity contribution >= 4 is 35.0 Å². The van der Waals surface area contributed by atoms with Gasteiger partial charge in [-0.05, 0) is 48.2 Å². The van der Waals surface area contributed by atoms with Crippen molar-refractivity contribution in [1.82, 2.24) is 0 Å². The van der Waals surface area contributed by atoms with Crippen LogP contribution >= 0.6 is 23.4 Å². The number of nitrogens with one attached hydrogen (secondary N) is 1. The van der Waals surface area contributed by atoms with Gasteiger partial charge in [0.25, 0.3) is 0 Å². The van der Waals surface area contributed by atoms with Gasteiger partial charge in [0.1, 0.15) is 0 Å². The Kier molecular flexibility index (Phi) is 6.34. The molecule has 0 spiro atoms. The molecule has 1 N–H and O–H groups in total. The van der Waals surface area contributed by atoms with Crippen molar-refractivity contribution in [1.29, 1.82) is 0 Å². The number of rotatable bonds is 6. The van der Waals surface area contributed by atoms with Gasteiger partial charge in [-0.25, -0.2) is 0 Å². The number of halogens is 1. The van der Waals surface area contributed by atoms with Gasteiger partial charge in [-0.2, -0.15) is 0 Å². The first-order chi connectivity index (χ1) is 10.6. The summed E-state index contributed by atoms with van der Waals surface area (Å²) in [5.41, 5.74) is 2.10. The van der Waals surface area contributed by atoms with Gasteiger partial charge in [-0.1, -0.05) is 43.6 Å². The highest BCUT2D eigenvalue weighted by atomic mass is 35.5. The van der Waals surface area contributed by atoms with E-state index >= 15 is 0 Å². The van der Waals surface area contributed by atoms with E-state index in [4.69, 9.17) is 11.6 Å². The Morgan fingerprint density at radius 3 is 2.55 bits per heavy atom. The third-order valence-corrected chi connectivity index (χ3v) is 4.83. The fourth-order valence-corrected chi connectivity index (χ4v) is 2.95. The summed E-state index contributed by atoms with van der Waals surface area (Å²) in [5.74, 6) is 0.826. The molecule has 2 nitrogen and oxygen atoms in total. The predicted octanol–water partition coefficient (Wildman–Crippen LogP) is 5.58. The summed E-state index contributed by atoms with van der Waals surface area (Å²) in [6, 6.07) is 15.5. The Morgan fingerprint density at radius 2 is 1.86 bits per heavy atom. The number of thioether (sulfide) groups is 1. The van der Waals surface area contributed by atoms with E-state index in [9.17, 15) is 4.79 Å². The van der Waals surface area contributed by atoms with Crippen LogP contribution in [0.4, 0.5) is 5.69 Å². The van der Waals surface area contributed by atoms with Crippen molar-refractivity contribution in [3.05, 3.63) is 59.1 Å². The van der Waals surface area contributed by atoms with Crippen LogP contribution in [0.5, 0.6) is 0 Å². The van der Waals surface area contributed by atoms with E-state index in [1.54, 1.807) is 0 Å². The van der Waals surface area contributed by atoms with Gasteiger partial charge >= 0.3 is 0 Å². The van der Waals surface area contributed by atoms with Crippen LogP contribution in [0.3, 0.4) is 0 Å². The first kappa shape index (κ1) is 16.9. The summed E-state index contributed by atoms with van der Waals surface area (Å²) >= 11 is 7.36. The van der Waals surface area contributed by atoms with Crippen LogP contribution in [0.25, 0.3) is 0 Å². The van der Waals surface area contributed by atoms with E-state index in [2.05, 4.69) is 25.2 Å². The van der Waals surface area contributed by atoms with E-state index in [0.717, 1.165) is 17.0 Å². The zero-order valence-corrected chi connectivity index (χ0v) is 14.4. The normalized spacial score (nSPS) is 12.0. The molecule has 1 amide bonds. The molecule has 0 heterocycles. The predicted molar refractivity (Wildman–Crippen MR) is 96.0 cm³/mol. The molecule has 0 saturated heterocycles. The molecule has 2 rings (SSSR count). The lowest BCUT2D eigenvalue weighted by Gasteiger charge is -2.15. The number of carbonyl (C=O) groups is 1. The van der Waals surface area contributed by atoms with E-state index in [1.165, 1.54) is 17.3 Å². The molecule has 0 unspecified atom stereocenters. The first-order valence-corrected chi connectivity index (χ1v) is 8.73. The molecular formula is C18H20ClNOS. The van der Waals surface area contributed by atoms with Crippen LogP contribution < -0.4 is 5.32 Å². The number of benzene rings is 2. The van der Waals surface area contributed by atoms with Crippen molar-refractivity contribution in [3.63, 3.8) is 0 Å². The van der Waals surface area contributed by atoms with Gasteiger partial charge in [0.2, 0.25) is 5.91 Å². The minimum Gasteiger partial charge on any atom is -0.325 e. The standard InChI is InChI=1S/C18H20ClNOS/c1-3-13(2)16-6-4-5-7-17(16)20-18(21)12-22-15-10-8-14(19)9-11-15/h4-11,13H,3,12H2,1-2H3,(H,20,21)/t13-/m1/s1. The van der Waals surface area contributed by atoms with Crippen LogP contribution in [0.2, 0.25) is 5.02 Å². The molecule has 0 bridgehead atoms. The van der Waals surface area contributed by atoms with Crippen molar-refractivity contribution in [2.24, 2.45) is 0 Å². The molecule has 0 aliphatic carbocycles. The maximum Gasteiger partial charge on any atom is 0.234 e. The van der Waals surface area contributed by atoms with Crippen LogP contribution in [-0.2, 0) is 4.79 Å². The van der Waals surface area contributed by atoms with Crippen molar-refractivity contribution < 1.29 is 4.79 Å². The van der Waals surface area contributed by atoms with Gasteiger partial charge < -0.3 is 5.32 Å². The van der Waals surface area contributed by atoms with E-state index < -0.39 is 0 Å². The Morgan fingerprint density at radius 1 is 1.18 bits per heavy atom. The van der Waals surface area contributed by atoms with E-state index in [0.29, 0.717) is 16.7 Å². The number of hydrogen-bond acceptors (Lipinski definition) is 2. The first-order valence-electron chi connectivity index (χ1n) is 7.37. The minimum absolute atomic E-state index is 0.00991. The second-order valence-corrected chi connectivity index (χ2v) is 6.67. The van der Waals surface area contributed by atoms with Gasteiger partial charge in [0.15, 0.2) is 0 Å². The molecule has 0 saturated carbocycles. The number of carbonyl (C=O) groups excluding carboxylic acids is 1. The lowest BCUT2D eigenvalue weighted by atomic mass is 9.97. The van der Waals surface area contributed by atoms with Crippen LogP contribution in [-0.4, -0.2) is 11.7 Å². The summed E-state index contributed by atoms with van der Waals surface area (Å²) in [6.07, 6.45) is 1.05. The zero-order valence-electron chi connectivity index (χ0n) is 12.8. The maximum absolute atomic E-state index is 12.2. The van der Waals surface area contributed by atoms with E-state index in [-0.39, 0.29) is 5.91 Å². The lowest BCUT2D eigenvalue weighted by molar-refractivity contribution is -0.113. The molecular weight excluding hydrogens is 314 g/mol. The maximum atomic E-state index is 12.2. The molecule has 2 aromatic rings. The van der Waals surface area contributed by atoms with Crippen LogP contribution in [0, 0.1) is 0 Å². The molecule has 116 valence electrons. The fourth-order valence-electron chi connectivity index (χ4n) is 2.13. The summed E-state index contributed by atoms with van der Waals surface area (Å²) in [6.45, 7) is 4.33. The summed E-state index contributed by atoms with van der Waals surface area (Å²) in [5, 5.41) is 3.73. The van der Waals surface area contributed by atoms with Crippen LogP contribution in [0.15, 0.2) is 53.4 Å². The smallest absolute Gasteiger partial charge is 0.234 e. The minimum atomic E-state index is 0.00991. The summed E-state index contributed by atoms with van der Waals surface area (Å²) < 4.78 is 0. The molecule has 0 radical (unpaired) electrons. The van der Waals surface area contributed by atoms with Crippen molar-refractivity contribution in [2.45, 2.75) is 31.1 Å². The Bertz CT molecular complexity index is 627. The third-order valence-electron chi connectivity index (χ3n) is 3.56. The SMILES string of the molecule is CC[C@@H](C)c1ccccc1NC(=O)CSc1ccc(Cl)cc1. The van der Waals surface area contributed by atoms with E-state index in [1.807, 2.05) is 42.5 Å². The van der Waals surface area contributed by atoms with Gasteiger partial charge in [-0.3, -0.25) is 4.79 Å². The highest BCUT2D eigenvalue weighted by molar-refractivity contribution is 8.00. The molecule has 0 aromatic heterocycles. The van der Waals surface area contributed by atoms with Gasteiger partial charge in [0, 0.05) is 15.6 Å². The highest BCUT2D eigenvalue weighted by Gasteiger charge is 2.11. The zero-order chi connectivity index (χ0) is 15.9. The summed E-state index contributed by atoms with van der Waals surface area (Å²) in [7, 11) is 0. The van der Waals surface area contributed by atoms with Crippen molar-refractivity contribution in [3.8, 4) is 0 Å².